The molecule has 0 aliphatic rings. The summed E-state index contributed by atoms with van der Waals surface area (Å²) < 4.78 is 28.8. The third-order valence-corrected chi connectivity index (χ3v) is 3.19. The SMILES string of the molecule is CCCCC(N)c1ncc(-c2cccc(OC(F)F)c2)[nH]1. The summed E-state index contributed by atoms with van der Waals surface area (Å²) in [5, 5.41) is 0. The molecule has 1 aromatic heterocycles. The van der Waals surface area contributed by atoms with E-state index in [0.29, 0.717) is 5.82 Å². The molecule has 114 valence electrons. The second-order valence-electron chi connectivity index (χ2n) is 4.84. The van der Waals surface area contributed by atoms with Gasteiger partial charge < -0.3 is 15.5 Å². The number of nitrogens with one attached hydrogen (secondary N) is 1. The van der Waals surface area contributed by atoms with Crippen LogP contribution >= 0.6 is 0 Å². The van der Waals surface area contributed by atoms with Crippen LogP contribution in [-0.2, 0) is 0 Å². The number of rotatable bonds is 7. The molecule has 2 rings (SSSR count). The van der Waals surface area contributed by atoms with Gasteiger partial charge in [-0.2, -0.15) is 8.78 Å². The predicted molar refractivity (Wildman–Crippen MR) is 77.1 cm³/mol. The van der Waals surface area contributed by atoms with Crippen LogP contribution in [0.25, 0.3) is 11.3 Å². The molecule has 4 nitrogen and oxygen atoms in total. The molecule has 0 fully saturated rings. The fraction of sp³-hybridized carbons (Fsp3) is 0.400. The van der Waals surface area contributed by atoms with Crippen LogP contribution in [0.15, 0.2) is 30.5 Å². The highest BCUT2D eigenvalue weighted by Crippen LogP contribution is 2.25. The Bertz CT molecular complexity index is 572. The molecule has 0 saturated carbocycles. The fourth-order valence-corrected chi connectivity index (χ4v) is 2.07. The second kappa shape index (κ2) is 7.17. The quantitative estimate of drug-likeness (QED) is 0.815. The van der Waals surface area contributed by atoms with E-state index in [1.807, 2.05) is 0 Å². The maximum atomic E-state index is 12.2. The van der Waals surface area contributed by atoms with Crippen LogP contribution in [0, 0.1) is 0 Å². The molecule has 0 bridgehead atoms. The minimum absolute atomic E-state index is 0.119. The van der Waals surface area contributed by atoms with Crippen molar-refractivity contribution in [3.05, 3.63) is 36.3 Å². The molecule has 1 atom stereocenters. The van der Waals surface area contributed by atoms with E-state index in [1.165, 1.54) is 6.07 Å². The van der Waals surface area contributed by atoms with E-state index in [4.69, 9.17) is 5.73 Å². The Labute approximate surface area is 122 Å². The van der Waals surface area contributed by atoms with Crippen molar-refractivity contribution >= 4 is 0 Å². The number of H-pyrrole nitrogens is 1. The molecule has 21 heavy (non-hydrogen) atoms. The van der Waals surface area contributed by atoms with E-state index in [0.717, 1.165) is 30.5 Å². The third-order valence-electron chi connectivity index (χ3n) is 3.19. The zero-order valence-electron chi connectivity index (χ0n) is 11.9. The van der Waals surface area contributed by atoms with Crippen LogP contribution in [0.5, 0.6) is 5.75 Å². The summed E-state index contributed by atoms with van der Waals surface area (Å²) in [6.07, 6.45) is 4.63. The lowest BCUT2D eigenvalue weighted by molar-refractivity contribution is -0.0498. The predicted octanol–water partition coefficient (Wildman–Crippen LogP) is 3.87. The van der Waals surface area contributed by atoms with Gasteiger partial charge in [-0.05, 0) is 18.6 Å². The van der Waals surface area contributed by atoms with Gasteiger partial charge in [0.05, 0.1) is 17.9 Å². The van der Waals surface area contributed by atoms with E-state index in [2.05, 4.69) is 21.6 Å². The molecule has 6 heteroatoms. The first-order chi connectivity index (χ1) is 10.1. The van der Waals surface area contributed by atoms with Crippen molar-refractivity contribution in [3.63, 3.8) is 0 Å². The Kier molecular flexibility index (Phi) is 5.27. The number of unbranched alkanes of at least 4 members (excludes halogenated alkanes) is 1. The van der Waals surface area contributed by atoms with Crippen LogP contribution in [0.1, 0.15) is 38.1 Å². The minimum Gasteiger partial charge on any atom is -0.435 e. The van der Waals surface area contributed by atoms with Gasteiger partial charge in [-0.1, -0.05) is 31.9 Å². The number of imidazole rings is 1. The van der Waals surface area contributed by atoms with Crippen molar-refractivity contribution in [3.8, 4) is 17.0 Å². The van der Waals surface area contributed by atoms with E-state index in [9.17, 15) is 8.78 Å². The number of nitrogens with zero attached hydrogens (tertiary/aromatic N) is 1. The number of aromatic nitrogens is 2. The van der Waals surface area contributed by atoms with Crippen molar-refractivity contribution in [1.82, 2.24) is 9.97 Å². The highest BCUT2D eigenvalue weighted by molar-refractivity contribution is 5.60. The molecule has 1 aromatic carbocycles. The van der Waals surface area contributed by atoms with Crippen LogP contribution in [0.4, 0.5) is 8.78 Å². The molecule has 1 unspecified atom stereocenters. The largest absolute Gasteiger partial charge is 0.435 e. The Morgan fingerprint density at radius 3 is 2.90 bits per heavy atom. The summed E-state index contributed by atoms with van der Waals surface area (Å²) >= 11 is 0. The number of alkyl halides is 2. The zero-order chi connectivity index (χ0) is 15.2. The smallest absolute Gasteiger partial charge is 0.387 e. The molecule has 0 aliphatic heterocycles. The van der Waals surface area contributed by atoms with Gasteiger partial charge in [-0.3, -0.25) is 0 Å². The number of ether oxygens (including phenoxy) is 1. The van der Waals surface area contributed by atoms with E-state index in [-0.39, 0.29) is 11.8 Å². The van der Waals surface area contributed by atoms with Gasteiger partial charge in [0.15, 0.2) is 0 Å². The van der Waals surface area contributed by atoms with E-state index < -0.39 is 6.61 Å². The Morgan fingerprint density at radius 2 is 2.19 bits per heavy atom. The number of aromatic amines is 1. The highest BCUT2D eigenvalue weighted by Gasteiger charge is 2.11. The topological polar surface area (TPSA) is 63.9 Å². The highest BCUT2D eigenvalue weighted by atomic mass is 19.3. The zero-order valence-corrected chi connectivity index (χ0v) is 11.9. The number of halogens is 2. The Morgan fingerprint density at radius 1 is 1.38 bits per heavy atom. The molecule has 0 radical (unpaired) electrons. The minimum atomic E-state index is -2.83. The molecule has 0 aliphatic carbocycles. The summed E-state index contributed by atoms with van der Waals surface area (Å²) in [7, 11) is 0. The molecule has 0 saturated heterocycles. The van der Waals surface area contributed by atoms with Gasteiger partial charge in [0.25, 0.3) is 0 Å². The Hall–Kier alpha value is -1.95. The van der Waals surface area contributed by atoms with Crippen LogP contribution in [0.2, 0.25) is 0 Å². The van der Waals surface area contributed by atoms with Crippen molar-refractivity contribution in [2.24, 2.45) is 5.73 Å². The monoisotopic (exact) mass is 295 g/mol. The lowest BCUT2D eigenvalue weighted by atomic mass is 10.1. The number of nitrogens with two attached hydrogens (primary N) is 1. The lowest BCUT2D eigenvalue weighted by Crippen LogP contribution is -2.11. The van der Waals surface area contributed by atoms with Crippen LogP contribution in [-0.4, -0.2) is 16.6 Å². The average Bonchev–Trinajstić information content (AvgIpc) is 2.94. The van der Waals surface area contributed by atoms with Gasteiger partial charge in [-0.25, -0.2) is 4.98 Å². The summed E-state index contributed by atoms with van der Waals surface area (Å²) in [6, 6.07) is 6.35. The number of benzene rings is 1. The molecular formula is C15H19F2N3O. The fourth-order valence-electron chi connectivity index (χ4n) is 2.07. The van der Waals surface area contributed by atoms with Crippen molar-refractivity contribution in [2.75, 3.05) is 0 Å². The standard InChI is InChI=1S/C15H19F2N3O/c1-2-3-7-12(18)14-19-9-13(20-14)10-5-4-6-11(8-10)21-15(16)17/h4-6,8-9,12,15H,2-3,7,18H2,1H3,(H,19,20). The molecule has 2 aromatic rings. The first kappa shape index (κ1) is 15.4. The third kappa shape index (κ3) is 4.26. The second-order valence-corrected chi connectivity index (χ2v) is 4.84. The van der Waals surface area contributed by atoms with Crippen molar-refractivity contribution in [1.29, 1.82) is 0 Å². The molecule has 3 N–H and O–H groups in total. The van der Waals surface area contributed by atoms with Crippen molar-refractivity contribution in [2.45, 2.75) is 38.8 Å². The average molecular weight is 295 g/mol. The summed E-state index contributed by atoms with van der Waals surface area (Å²) in [4.78, 5) is 7.41. The summed E-state index contributed by atoms with van der Waals surface area (Å²) in [6.45, 7) is -0.727. The van der Waals surface area contributed by atoms with Gasteiger partial charge >= 0.3 is 6.61 Å². The maximum absolute atomic E-state index is 12.2. The lowest BCUT2D eigenvalue weighted by Gasteiger charge is -2.07. The molecule has 0 amide bonds. The van der Waals surface area contributed by atoms with Gasteiger partial charge in [0, 0.05) is 5.56 Å². The van der Waals surface area contributed by atoms with E-state index in [1.54, 1.807) is 24.4 Å². The van der Waals surface area contributed by atoms with Crippen LogP contribution < -0.4 is 10.5 Å². The molecule has 0 spiro atoms. The van der Waals surface area contributed by atoms with Gasteiger partial charge in [-0.15, -0.1) is 0 Å². The summed E-state index contributed by atoms with van der Waals surface area (Å²) in [5.74, 6) is 0.826. The van der Waals surface area contributed by atoms with Crippen LogP contribution in [0.3, 0.4) is 0 Å². The molecule has 1 heterocycles. The van der Waals surface area contributed by atoms with Gasteiger partial charge in [0.2, 0.25) is 0 Å². The maximum Gasteiger partial charge on any atom is 0.387 e. The summed E-state index contributed by atoms with van der Waals surface area (Å²) in [5.41, 5.74) is 7.51. The van der Waals surface area contributed by atoms with Gasteiger partial charge in [0.1, 0.15) is 11.6 Å². The number of hydrogen-bond acceptors (Lipinski definition) is 3. The normalized spacial score (nSPS) is 12.6. The van der Waals surface area contributed by atoms with Crippen molar-refractivity contribution < 1.29 is 13.5 Å². The molecular weight excluding hydrogens is 276 g/mol. The number of hydrogen-bond donors (Lipinski definition) is 2. The van der Waals surface area contributed by atoms with E-state index >= 15 is 0 Å². The first-order valence-electron chi connectivity index (χ1n) is 6.96. The Balaban J connectivity index is 2.13. The first-order valence-corrected chi connectivity index (χ1v) is 6.96.